The molecule has 2 heteroatoms. The highest BCUT2D eigenvalue weighted by molar-refractivity contribution is 5.83. The summed E-state index contributed by atoms with van der Waals surface area (Å²) < 4.78 is 26.0. The monoisotopic (exact) mass is 252 g/mol. The van der Waals surface area contributed by atoms with Gasteiger partial charge in [0.1, 0.15) is 11.6 Å². The van der Waals surface area contributed by atoms with Gasteiger partial charge in [0, 0.05) is 0 Å². The first kappa shape index (κ1) is 11.8. The Labute approximate surface area is 110 Å². The second-order valence-corrected chi connectivity index (χ2v) is 4.44. The maximum absolute atomic E-state index is 13.2. The molecule has 0 aliphatic carbocycles. The van der Waals surface area contributed by atoms with Gasteiger partial charge in [-0.15, -0.1) is 0 Å². The Kier molecular flexibility index (Phi) is 3.00. The third-order valence-corrected chi connectivity index (χ3v) is 3.02. The summed E-state index contributed by atoms with van der Waals surface area (Å²) in [6, 6.07) is 18.9. The number of fused-ring (bicyclic) bond motifs is 1. The lowest BCUT2D eigenvalue weighted by Crippen LogP contribution is -1.89. The smallest absolute Gasteiger partial charge is 0.124 e. The van der Waals surface area contributed by atoms with E-state index in [1.165, 1.54) is 24.3 Å². The molecule has 0 nitrogen and oxygen atoms in total. The number of benzene rings is 3. The van der Waals surface area contributed by atoms with Crippen LogP contribution in [0.15, 0.2) is 48.5 Å². The fourth-order valence-corrected chi connectivity index (χ4v) is 2.08. The quantitative estimate of drug-likeness (QED) is 0.637. The van der Waals surface area contributed by atoms with E-state index < -0.39 is 0 Å². The van der Waals surface area contributed by atoms with E-state index in [0.717, 1.165) is 21.9 Å². The standard InChI is InChI=1S/C17H10F2/c18-16-6-2-12(3-7-16)9-13-1-4-14-5-8-17(19)11-15(14)10-13/h1,4-8,10-11H,9H2. The summed E-state index contributed by atoms with van der Waals surface area (Å²) in [6.07, 6.45) is 0.604. The zero-order chi connectivity index (χ0) is 13.2. The molecule has 0 saturated carbocycles. The van der Waals surface area contributed by atoms with Crippen molar-refractivity contribution in [3.8, 4) is 0 Å². The molecule has 0 unspecified atom stereocenters. The summed E-state index contributed by atoms with van der Waals surface area (Å²) in [4.78, 5) is 0. The average Bonchev–Trinajstić information content (AvgIpc) is 2.41. The summed E-state index contributed by atoms with van der Waals surface area (Å²) in [7, 11) is 0. The van der Waals surface area contributed by atoms with E-state index in [-0.39, 0.29) is 11.6 Å². The van der Waals surface area contributed by atoms with Crippen LogP contribution >= 0.6 is 0 Å². The van der Waals surface area contributed by atoms with Crippen molar-refractivity contribution in [2.24, 2.45) is 0 Å². The van der Waals surface area contributed by atoms with Crippen molar-refractivity contribution < 1.29 is 8.78 Å². The van der Waals surface area contributed by atoms with Crippen molar-refractivity contribution in [2.75, 3.05) is 0 Å². The first-order valence-electron chi connectivity index (χ1n) is 5.97. The van der Waals surface area contributed by atoms with Crippen molar-refractivity contribution in [3.05, 3.63) is 83.4 Å². The molecule has 2 radical (unpaired) electrons. The third kappa shape index (κ3) is 2.63. The van der Waals surface area contributed by atoms with Crippen LogP contribution in [0.3, 0.4) is 0 Å². The van der Waals surface area contributed by atoms with Crippen LogP contribution in [0.25, 0.3) is 10.8 Å². The fraction of sp³-hybridized carbons (Fsp3) is 0.0588. The van der Waals surface area contributed by atoms with Gasteiger partial charge < -0.3 is 0 Å². The Bertz CT molecular complexity index is 715. The SMILES string of the molecule is Fc1c[c]c(Cc2ccc3ccc(F)cc3c2)[c]c1. The van der Waals surface area contributed by atoms with Crippen LogP contribution < -0.4 is 0 Å². The Morgan fingerprint density at radius 1 is 0.789 bits per heavy atom. The zero-order valence-corrected chi connectivity index (χ0v) is 10.1. The van der Waals surface area contributed by atoms with Gasteiger partial charge >= 0.3 is 0 Å². The molecule has 19 heavy (non-hydrogen) atoms. The maximum atomic E-state index is 13.2. The van der Waals surface area contributed by atoms with Crippen LogP contribution in [-0.4, -0.2) is 0 Å². The lowest BCUT2D eigenvalue weighted by molar-refractivity contribution is 0.626. The molecule has 0 amide bonds. The second kappa shape index (κ2) is 4.81. The van der Waals surface area contributed by atoms with Gasteiger partial charge in [0.25, 0.3) is 0 Å². The van der Waals surface area contributed by atoms with Crippen LogP contribution in [0.4, 0.5) is 8.78 Å². The zero-order valence-electron chi connectivity index (χ0n) is 10.1. The van der Waals surface area contributed by atoms with Gasteiger partial charge in [0.05, 0.1) is 0 Å². The summed E-state index contributed by atoms with van der Waals surface area (Å²) in [6.45, 7) is 0. The van der Waals surface area contributed by atoms with E-state index in [1.807, 2.05) is 18.2 Å². The molecule has 0 heterocycles. The molecule has 0 N–H and O–H groups in total. The van der Waals surface area contributed by atoms with Crippen molar-refractivity contribution >= 4 is 10.8 Å². The Morgan fingerprint density at radius 3 is 2.32 bits per heavy atom. The molecule has 0 aliphatic heterocycles. The molecule has 0 aliphatic rings. The molecule has 0 saturated heterocycles. The summed E-state index contributed by atoms with van der Waals surface area (Å²) in [5.74, 6) is -0.589. The highest BCUT2D eigenvalue weighted by Gasteiger charge is 2.01. The van der Waals surface area contributed by atoms with Gasteiger partial charge in [-0.1, -0.05) is 24.3 Å². The largest absolute Gasteiger partial charge is 0.207 e. The van der Waals surface area contributed by atoms with Crippen LogP contribution in [0.2, 0.25) is 0 Å². The maximum Gasteiger partial charge on any atom is 0.124 e. The minimum atomic E-state index is -0.343. The number of hydrogen-bond donors (Lipinski definition) is 0. The van der Waals surface area contributed by atoms with E-state index in [0.29, 0.717) is 6.42 Å². The second-order valence-electron chi connectivity index (χ2n) is 4.44. The highest BCUT2D eigenvalue weighted by atomic mass is 19.1. The van der Waals surface area contributed by atoms with Crippen molar-refractivity contribution in [1.29, 1.82) is 0 Å². The first-order valence-corrected chi connectivity index (χ1v) is 5.97. The molecule has 3 aromatic rings. The normalized spacial score (nSPS) is 10.8. The van der Waals surface area contributed by atoms with E-state index in [1.54, 1.807) is 6.07 Å². The van der Waals surface area contributed by atoms with Crippen LogP contribution in [0.1, 0.15) is 11.1 Å². The van der Waals surface area contributed by atoms with E-state index >= 15 is 0 Å². The molecular weight excluding hydrogens is 242 g/mol. The van der Waals surface area contributed by atoms with Crippen molar-refractivity contribution in [1.82, 2.24) is 0 Å². The summed E-state index contributed by atoms with van der Waals surface area (Å²) in [5.41, 5.74) is 1.81. The summed E-state index contributed by atoms with van der Waals surface area (Å²) >= 11 is 0. The molecule has 0 atom stereocenters. The number of rotatable bonds is 2. The molecule has 3 rings (SSSR count). The van der Waals surface area contributed by atoms with Crippen molar-refractivity contribution in [3.63, 3.8) is 0 Å². The lowest BCUT2D eigenvalue weighted by Gasteiger charge is -2.04. The number of halogens is 2. The van der Waals surface area contributed by atoms with Gasteiger partial charge in [-0.2, -0.15) is 0 Å². The predicted molar refractivity (Wildman–Crippen MR) is 70.8 cm³/mol. The summed E-state index contributed by atoms with van der Waals surface area (Å²) in [5, 5.41) is 1.86. The van der Waals surface area contributed by atoms with Crippen LogP contribution in [0, 0.1) is 23.8 Å². The highest BCUT2D eigenvalue weighted by Crippen LogP contribution is 2.19. The Balaban J connectivity index is 1.94. The minimum absolute atomic E-state index is 0.246. The Morgan fingerprint density at radius 2 is 1.53 bits per heavy atom. The van der Waals surface area contributed by atoms with E-state index in [9.17, 15) is 8.78 Å². The molecular formula is C17H10F2. The predicted octanol–water partition coefficient (Wildman–Crippen LogP) is 4.31. The number of hydrogen-bond acceptors (Lipinski definition) is 0. The first-order chi connectivity index (χ1) is 9.20. The molecule has 3 aromatic carbocycles. The van der Waals surface area contributed by atoms with Gasteiger partial charge in [-0.3, -0.25) is 0 Å². The molecule has 0 spiro atoms. The minimum Gasteiger partial charge on any atom is -0.207 e. The van der Waals surface area contributed by atoms with Gasteiger partial charge in [0.2, 0.25) is 0 Å². The van der Waals surface area contributed by atoms with E-state index in [4.69, 9.17) is 0 Å². The topological polar surface area (TPSA) is 0 Å². The van der Waals surface area contributed by atoms with Crippen LogP contribution in [-0.2, 0) is 6.42 Å². The van der Waals surface area contributed by atoms with Gasteiger partial charge in [-0.05, 0) is 64.7 Å². The molecule has 0 fully saturated rings. The Hall–Kier alpha value is -2.22. The van der Waals surface area contributed by atoms with Crippen LogP contribution in [0.5, 0.6) is 0 Å². The van der Waals surface area contributed by atoms with Gasteiger partial charge in [0.15, 0.2) is 0 Å². The van der Waals surface area contributed by atoms with Gasteiger partial charge in [-0.25, -0.2) is 8.78 Å². The molecule has 0 bridgehead atoms. The van der Waals surface area contributed by atoms with E-state index in [2.05, 4.69) is 12.1 Å². The molecule has 92 valence electrons. The average molecular weight is 252 g/mol. The lowest BCUT2D eigenvalue weighted by atomic mass is 10.0. The van der Waals surface area contributed by atoms with Crippen molar-refractivity contribution in [2.45, 2.75) is 6.42 Å². The molecule has 0 aromatic heterocycles. The third-order valence-electron chi connectivity index (χ3n) is 3.02. The fourth-order valence-electron chi connectivity index (χ4n) is 2.08.